The molecule has 0 N–H and O–H groups in total. The molecule has 2 heteroatoms. The van der Waals surface area contributed by atoms with E-state index in [4.69, 9.17) is 0 Å². The highest BCUT2D eigenvalue weighted by atomic mass is 79.9. The fourth-order valence-electron chi connectivity index (χ4n) is 1.22. The fourth-order valence-corrected chi connectivity index (χ4v) is 2.39. The molecule has 54 valence electrons. The average Bonchev–Trinajstić information content (AvgIpc) is 1.99. The van der Waals surface area contributed by atoms with Gasteiger partial charge in [-0.1, -0.05) is 51.1 Å². The van der Waals surface area contributed by atoms with Crippen molar-refractivity contribution in [3.05, 3.63) is 0 Å². The third-order valence-corrected chi connectivity index (χ3v) is 4.75. The van der Waals surface area contributed by atoms with Gasteiger partial charge in [-0.2, -0.15) is 0 Å². The third kappa shape index (κ3) is 2.58. The van der Waals surface area contributed by atoms with Crippen LogP contribution < -0.4 is 0 Å². The van der Waals surface area contributed by atoms with Crippen LogP contribution in [0.25, 0.3) is 0 Å². The molecular weight excluding hydrogens is 244 g/mol. The minimum absolute atomic E-state index is 0.722. The van der Waals surface area contributed by atoms with Gasteiger partial charge in [-0.15, -0.1) is 0 Å². The van der Waals surface area contributed by atoms with E-state index in [9.17, 15) is 0 Å². The van der Waals surface area contributed by atoms with Crippen molar-refractivity contribution in [2.75, 3.05) is 0 Å². The van der Waals surface area contributed by atoms with Crippen molar-refractivity contribution in [1.82, 2.24) is 0 Å². The van der Waals surface area contributed by atoms with Gasteiger partial charge in [0.1, 0.15) is 0 Å². The molecular formula is C7H12Br2. The van der Waals surface area contributed by atoms with Crippen LogP contribution in [0.2, 0.25) is 0 Å². The molecule has 1 rings (SSSR count). The van der Waals surface area contributed by atoms with Crippen molar-refractivity contribution in [1.29, 1.82) is 0 Å². The number of alkyl halides is 2. The van der Waals surface area contributed by atoms with Crippen molar-refractivity contribution in [2.24, 2.45) is 0 Å². The normalized spacial score (nSPS) is 38.0. The summed E-state index contributed by atoms with van der Waals surface area (Å²) in [7, 11) is 0. The van der Waals surface area contributed by atoms with Crippen LogP contribution in [0.4, 0.5) is 0 Å². The molecule has 0 aliphatic heterocycles. The van der Waals surface area contributed by atoms with Gasteiger partial charge < -0.3 is 0 Å². The Labute approximate surface area is 73.7 Å². The largest absolute Gasteiger partial charge is 0.0879 e. The summed E-state index contributed by atoms with van der Waals surface area (Å²) >= 11 is 7.31. The van der Waals surface area contributed by atoms with Gasteiger partial charge in [0.05, 0.1) is 0 Å². The Bertz CT molecular complexity index is 73.0. The lowest BCUT2D eigenvalue weighted by molar-refractivity contribution is 0.705. The lowest BCUT2D eigenvalue weighted by Gasteiger charge is -2.10. The molecule has 1 fully saturated rings. The van der Waals surface area contributed by atoms with Crippen LogP contribution in [0.3, 0.4) is 0 Å². The summed E-state index contributed by atoms with van der Waals surface area (Å²) in [4.78, 5) is 1.44. The molecule has 0 saturated heterocycles. The zero-order chi connectivity index (χ0) is 6.69. The Hall–Kier alpha value is 0.960. The van der Waals surface area contributed by atoms with E-state index in [0.717, 1.165) is 9.65 Å². The maximum absolute atomic E-state index is 3.66. The second-order valence-corrected chi connectivity index (χ2v) is 5.02. The molecule has 0 aromatic heterocycles. The topological polar surface area (TPSA) is 0 Å². The summed E-state index contributed by atoms with van der Waals surface area (Å²) in [5.41, 5.74) is 0. The van der Waals surface area contributed by atoms with Crippen LogP contribution in [0, 0.1) is 0 Å². The SMILES string of the molecule is Br[C@H]1CCCCC[C@@H]1Br. The summed E-state index contributed by atoms with van der Waals surface area (Å²) in [6.07, 6.45) is 6.91. The Kier molecular flexibility index (Phi) is 3.55. The second-order valence-electron chi connectivity index (χ2n) is 2.67. The molecule has 9 heavy (non-hydrogen) atoms. The Morgan fingerprint density at radius 2 is 1.22 bits per heavy atom. The van der Waals surface area contributed by atoms with E-state index >= 15 is 0 Å². The van der Waals surface area contributed by atoms with E-state index in [1.54, 1.807) is 0 Å². The molecule has 1 aliphatic rings. The predicted molar refractivity (Wildman–Crippen MR) is 48.5 cm³/mol. The van der Waals surface area contributed by atoms with Crippen molar-refractivity contribution in [3.8, 4) is 0 Å². The van der Waals surface area contributed by atoms with Crippen LogP contribution in [0.15, 0.2) is 0 Å². The lowest BCUT2D eigenvalue weighted by atomic mass is 10.2. The van der Waals surface area contributed by atoms with Crippen LogP contribution >= 0.6 is 31.9 Å². The molecule has 0 unspecified atom stereocenters. The third-order valence-electron chi connectivity index (χ3n) is 1.85. The maximum atomic E-state index is 3.66. The van der Waals surface area contributed by atoms with Crippen LogP contribution in [0.1, 0.15) is 32.1 Å². The number of rotatable bonds is 0. The van der Waals surface area contributed by atoms with Gasteiger partial charge in [0.25, 0.3) is 0 Å². The first-order chi connectivity index (χ1) is 4.30. The van der Waals surface area contributed by atoms with Gasteiger partial charge in [0.15, 0.2) is 0 Å². The molecule has 0 nitrogen and oxygen atoms in total. The summed E-state index contributed by atoms with van der Waals surface area (Å²) < 4.78 is 0. The molecule has 0 heterocycles. The van der Waals surface area contributed by atoms with Crippen LogP contribution in [0.5, 0.6) is 0 Å². The predicted octanol–water partition coefficient (Wildman–Crippen LogP) is 3.48. The standard InChI is InChI=1S/C7H12Br2/c8-6-4-2-1-3-5-7(6)9/h6-7H,1-5H2/t6-,7-/m0/s1. The summed E-state index contributed by atoms with van der Waals surface area (Å²) in [6.45, 7) is 0. The first kappa shape index (κ1) is 8.06. The minimum atomic E-state index is 0.722. The molecule has 1 saturated carbocycles. The molecule has 0 amide bonds. The molecule has 0 bridgehead atoms. The van der Waals surface area contributed by atoms with Gasteiger partial charge in [-0.05, 0) is 12.8 Å². The molecule has 1 aliphatic carbocycles. The second kappa shape index (κ2) is 3.97. The van der Waals surface area contributed by atoms with Gasteiger partial charge in [0.2, 0.25) is 0 Å². The minimum Gasteiger partial charge on any atom is -0.0879 e. The molecule has 0 aromatic carbocycles. The van der Waals surface area contributed by atoms with Gasteiger partial charge >= 0.3 is 0 Å². The zero-order valence-electron chi connectivity index (χ0n) is 5.45. The van der Waals surface area contributed by atoms with E-state index in [2.05, 4.69) is 31.9 Å². The first-order valence-corrected chi connectivity index (χ1v) is 5.42. The van der Waals surface area contributed by atoms with E-state index in [0.29, 0.717) is 0 Å². The van der Waals surface area contributed by atoms with Crippen molar-refractivity contribution < 1.29 is 0 Å². The zero-order valence-corrected chi connectivity index (χ0v) is 8.62. The summed E-state index contributed by atoms with van der Waals surface area (Å²) in [5.74, 6) is 0. The Morgan fingerprint density at radius 3 is 1.67 bits per heavy atom. The molecule has 0 aromatic rings. The fraction of sp³-hybridized carbons (Fsp3) is 1.00. The Morgan fingerprint density at radius 1 is 0.778 bits per heavy atom. The number of hydrogen-bond donors (Lipinski definition) is 0. The summed E-state index contributed by atoms with van der Waals surface area (Å²) in [6, 6.07) is 0. The number of hydrogen-bond acceptors (Lipinski definition) is 0. The Balaban J connectivity index is 2.32. The van der Waals surface area contributed by atoms with E-state index in [1.807, 2.05) is 0 Å². The van der Waals surface area contributed by atoms with Gasteiger partial charge in [-0.3, -0.25) is 0 Å². The first-order valence-electron chi connectivity index (χ1n) is 3.59. The van der Waals surface area contributed by atoms with Crippen molar-refractivity contribution in [2.45, 2.75) is 41.8 Å². The highest BCUT2D eigenvalue weighted by Gasteiger charge is 2.17. The van der Waals surface area contributed by atoms with E-state index in [1.165, 1.54) is 32.1 Å². The van der Waals surface area contributed by atoms with Crippen molar-refractivity contribution >= 4 is 31.9 Å². The smallest absolute Gasteiger partial charge is 0.0271 e. The maximum Gasteiger partial charge on any atom is 0.0271 e. The van der Waals surface area contributed by atoms with E-state index in [-0.39, 0.29) is 0 Å². The molecule has 2 atom stereocenters. The van der Waals surface area contributed by atoms with Crippen LogP contribution in [-0.2, 0) is 0 Å². The molecule has 0 radical (unpaired) electrons. The lowest BCUT2D eigenvalue weighted by Crippen LogP contribution is -2.10. The van der Waals surface area contributed by atoms with Crippen molar-refractivity contribution in [3.63, 3.8) is 0 Å². The van der Waals surface area contributed by atoms with Gasteiger partial charge in [0, 0.05) is 9.65 Å². The molecule has 0 spiro atoms. The highest BCUT2D eigenvalue weighted by molar-refractivity contribution is 9.12. The highest BCUT2D eigenvalue weighted by Crippen LogP contribution is 2.28. The van der Waals surface area contributed by atoms with E-state index < -0.39 is 0 Å². The number of halogens is 2. The van der Waals surface area contributed by atoms with Gasteiger partial charge in [-0.25, -0.2) is 0 Å². The monoisotopic (exact) mass is 254 g/mol. The average molecular weight is 256 g/mol. The quantitative estimate of drug-likeness (QED) is 0.459. The van der Waals surface area contributed by atoms with Crippen LogP contribution in [-0.4, -0.2) is 9.65 Å². The summed E-state index contributed by atoms with van der Waals surface area (Å²) in [5, 5.41) is 0.